The molecular formula is C14H20ClN3O2. The average molecular weight is 298 g/mol. The molecule has 0 spiro atoms. The fraction of sp³-hybridized carbons (Fsp3) is 0.571. The number of halogens is 1. The Labute approximate surface area is 124 Å². The van der Waals surface area contributed by atoms with Crippen LogP contribution in [0, 0.1) is 10.1 Å². The van der Waals surface area contributed by atoms with E-state index in [1.807, 2.05) is 6.07 Å². The van der Waals surface area contributed by atoms with E-state index in [-0.39, 0.29) is 10.7 Å². The molecule has 0 unspecified atom stereocenters. The number of hydrogen-bond acceptors (Lipinski definition) is 4. The maximum absolute atomic E-state index is 10.9. The molecule has 1 saturated heterocycles. The van der Waals surface area contributed by atoms with Gasteiger partial charge in [-0.15, -0.1) is 0 Å². The van der Waals surface area contributed by atoms with Crippen molar-refractivity contribution in [3.05, 3.63) is 38.9 Å². The van der Waals surface area contributed by atoms with Crippen LogP contribution >= 0.6 is 11.6 Å². The van der Waals surface area contributed by atoms with Gasteiger partial charge in [-0.3, -0.25) is 15.0 Å². The minimum atomic E-state index is -0.429. The van der Waals surface area contributed by atoms with Gasteiger partial charge < -0.3 is 4.90 Å². The number of rotatable bonds is 4. The largest absolute Gasteiger partial charge is 0.306 e. The fourth-order valence-corrected chi connectivity index (χ4v) is 2.84. The number of likely N-dealkylation sites (tertiary alicyclic amines) is 1. The van der Waals surface area contributed by atoms with Crippen molar-refractivity contribution in [2.45, 2.75) is 25.4 Å². The van der Waals surface area contributed by atoms with Gasteiger partial charge in [-0.05, 0) is 51.7 Å². The normalized spacial score (nSPS) is 17.6. The van der Waals surface area contributed by atoms with Gasteiger partial charge in [0.1, 0.15) is 5.02 Å². The highest BCUT2D eigenvalue weighted by Crippen LogP contribution is 2.26. The average Bonchev–Trinajstić information content (AvgIpc) is 2.41. The van der Waals surface area contributed by atoms with E-state index in [1.165, 1.54) is 0 Å². The summed E-state index contributed by atoms with van der Waals surface area (Å²) in [4.78, 5) is 15.1. The molecule has 6 heteroatoms. The Morgan fingerprint density at radius 2 is 2.10 bits per heavy atom. The molecule has 1 aliphatic rings. The first kappa shape index (κ1) is 15.2. The van der Waals surface area contributed by atoms with Gasteiger partial charge in [0.2, 0.25) is 0 Å². The molecule has 1 aliphatic heterocycles. The number of nitro groups is 1. The second kappa shape index (κ2) is 6.52. The van der Waals surface area contributed by atoms with Gasteiger partial charge in [0, 0.05) is 18.7 Å². The predicted molar refractivity (Wildman–Crippen MR) is 80.1 cm³/mol. The number of nitrogens with zero attached hydrogens (tertiary/aromatic N) is 3. The second-order valence-electron chi connectivity index (χ2n) is 5.49. The van der Waals surface area contributed by atoms with Gasteiger partial charge in [-0.25, -0.2) is 0 Å². The summed E-state index contributed by atoms with van der Waals surface area (Å²) in [6.45, 7) is 2.93. The highest BCUT2D eigenvalue weighted by Gasteiger charge is 2.21. The molecule has 0 aromatic heterocycles. The standard InChI is InChI=1S/C14H20ClN3O2/c1-16-7-5-12(6-8-16)17(2)10-11-3-4-13(15)14(9-11)18(19)20/h3-4,9,12H,5-8,10H2,1-2H3. The smallest absolute Gasteiger partial charge is 0.288 e. The van der Waals surface area contributed by atoms with Crippen LogP contribution in [0.15, 0.2) is 18.2 Å². The van der Waals surface area contributed by atoms with E-state index in [0.29, 0.717) is 12.6 Å². The molecule has 1 heterocycles. The van der Waals surface area contributed by atoms with Crippen molar-refractivity contribution in [2.75, 3.05) is 27.2 Å². The van der Waals surface area contributed by atoms with Crippen molar-refractivity contribution in [3.8, 4) is 0 Å². The topological polar surface area (TPSA) is 49.6 Å². The van der Waals surface area contributed by atoms with E-state index >= 15 is 0 Å². The van der Waals surface area contributed by atoms with Gasteiger partial charge in [0.05, 0.1) is 4.92 Å². The number of benzene rings is 1. The quantitative estimate of drug-likeness (QED) is 0.633. The summed E-state index contributed by atoms with van der Waals surface area (Å²) < 4.78 is 0. The van der Waals surface area contributed by atoms with E-state index in [9.17, 15) is 10.1 Å². The Bertz CT molecular complexity index is 487. The van der Waals surface area contributed by atoms with E-state index in [4.69, 9.17) is 11.6 Å². The van der Waals surface area contributed by atoms with Crippen LogP contribution < -0.4 is 0 Å². The summed E-state index contributed by atoms with van der Waals surface area (Å²) in [5, 5.41) is 11.1. The minimum absolute atomic E-state index is 0.0130. The number of piperidine rings is 1. The number of nitro benzene ring substituents is 1. The lowest BCUT2D eigenvalue weighted by Gasteiger charge is -2.35. The zero-order chi connectivity index (χ0) is 14.7. The van der Waals surface area contributed by atoms with Crippen LogP contribution in [-0.4, -0.2) is 47.9 Å². The maximum Gasteiger partial charge on any atom is 0.288 e. The van der Waals surface area contributed by atoms with Crippen LogP contribution in [-0.2, 0) is 6.54 Å². The Kier molecular flexibility index (Phi) is 4.96. The molecule has 1 fully saturated rings. The highest BCUT2D eigenvalue weighted by molar-refractivity contribution is 6.32. The zero-order valence-corrected chi connectivity index (χ0v) is 12.6. The molecule has 20 heavy (non-hydrogen) atoms. The van der Waals surface area contributed by atoms with Crippen LogP contribution in [0.2, 0.25) is 5.02 Å². The summed E-state index contributed by atoms with van der Waals surface area (Å²) >= 11 is 5.83. The Morgan fingerprint density at radius 1 is 1.45 bits per heavy atom. The van der Waals surface area contributed by atoms with Crippen LogP contribution in [0.25, 0.3) is 0 Å². The predicted octanol–water partition coefficient (Wildman–Crippen LogP) is 2.77. The monoisotopic (exact) mass is 297 g/mol. The number of hydrogen-bond donors (Lipinski definition) is 0. The minimum Gasteiger partial charge on any atom is -0.306 e. The van der Waals surface area contributed by atoms with E-state index < -0.39 is 4.92 Å². The summed E-state index contributed by atoms with van der Waals surface area (Å²) in [6.07, 6.45) is 2.28. The van der Waals surface area contributed by atoms with Gasteiger partial charge in [-0.2, -0.15) is 0 Å². The molecule has 2 rings (SSSR count). The summed E-state index contributed by atoms with van der Waals surface area (Å²) in [5.41, 5.74) is 0.920. The zero-order valence-electron chi connectivity index (χ0n) is 11.9. The second-order valence-corrected chi connectivity index (χ2v) is 5.90. The maximum atomic E-state index is 10.9. The van der Waals surface area contributed by atoms with E-state index in [0.717, 1.165) is 31.5 Å². The van der Waals surface area contributed by atoms with Crippen molar-refractivity contribution < 1.29 is 4.92 Å². The molecule has 110 valence electrons. The van der Waals surface area contributed by atoms with Crippen molar-refractivity contribution in [1.82, 2.24) is 9.80 Å². The first-order chi connectivity index (χ1) is 9.47. The lowest BCUT2D eigenvalue weighted by Crippen LogP contribution is -2.41. The molecule has 0 amide bonds. The lowest BCUT2D eigenvalue weighted by molar-refractivity contribution is -0.384. The Morgan fingerprint density at radius 3 is 2.70 bits per heavy atom. The molecule has 1 aromatic carbocycles. The lowest BCUT2D eigenvalue weighted by atomic mass is 10.0. The summed E-state index contributed by atoms with van der Waals surface area (Å²) in [5.74, 6) is 0. The van der Waals surface area contributed by atoms with Gasteiger partial charge in [0.25, 0.3) is 5.69 Å². The Balaban J connectivity index is 2.02. The van der Waals surface area contributed by atoms with Crippen LogP contribution in [0.1, 0.15) is 18.4 Å². The first-order valence-corrected chi connectivity index (χ1v) is 7.17. The molecule has 0 N–H and O–H groups in total. The summed E-state index contributed by atoms with van der Waals surface area (Å²) in [7, 11) is 4.22. The molecule has 5 nitrogen and oxygen atoms in total. The highest BCUT2D eigenvalue weighted by atomic mass is 35.5. The molecule has 1 aromatic rings. The molecule has 0 bridgehead atoms. The first-order valence-electron chi connectivity index (χ1n) is 6.79. The molecule has 0 atom stereocenters. The van der Waals surface area contributed by atoms with Crippen LogP contribution in [0.5, 0.6) is 0 Å². The van der Waals surface area contributed by atoms with E-state index in [1.54, 1.807) is 12.1 Å². The summed E-state index contributed by atoms with van der Waals surface area (Å²) in [6, 6.07) is 5.59. The molecule has 0 radical (unpaired) electrons. The van der Waals surface area contributed by atoms with Crippen molar-refractivity contribution in [3.63, 3.8) is 0 Å². The van der Waals surface area contributed by atoms with Crippen molar-refractivity contribution in [1.29, 1.82) is 0 Å². The van der Waals surface area contributed by atoms with Gasteiger partial charge in [0.15, 0.2) is 0 Å². The molecular weight excluding hydrogens is 278 g/mol. The van der Waals surface area contributed by atoms with Gasteiger partial charge >= 0.3 is 0 Å². The fourth-order valence-electron chi connectivity index (χ4n) is 2.65. The third-order valence-electron chi connectivity index (χ3n) is 3.95. The van der Waals surface area contributed by atoms with Crippen molar-refractivity contribution >= 4 is 17.3 Å². The van der Waals surface area contributed by atoms with Crippen LogP contribution in [0.3, 0.4) is 0 Å². The third-order valence-corrected chi connectivity index (χ3v) is 4.27. The van der Waals surface area contributed by atoms with Crippen LogP contribution in [0.4, 0.5) is 5.69 Å². The van der Waals surface area contributed by atoms with Crippen molar-refractivity contribution in [2.24, 2.45) is 0 Å². The molecule has 0 aliphatic carbocycles. The Hall–Kier alpha value is -1.17. The third kappa shape index (κ3) is 3.69. The SMILES string of the molecule is CN1CCC(N(C)Cc2ccc(Cl)c([N+](=O)[O-])c2)CC1. The van der Waals surface area contributed by atoms with E-state index in [2.05, 4.69) is 23.9 Å². The van der Waals surface area contributed by atoms with Gasteiger partial charge in [-0.1, -0.05) is 17.7 Å². The molecule has 0 saturated carbocycles.